The first-order valence-electron chi connectivity index (χ1n) is 6.34. The molecule has 1 saturated carbocycles. The van der Waals surface area contributed by atoms with Gasteiger partial charge < -0.3 is 10.7 Å². The molecule has 1 aromatic carbocycles. The highest BCUT2D eigenvalue weighted by molar-refractivity contribution is 6.35. The van der Waals surface area contributed by atoms with Gasteiger partial charge in [-0.05, 0) is 31.4 Å². The van der Waals surface area contributed by atoms with Crippen molar-refractivity contribution in [3.63, 3.8) is 0 Å². The number of carbonyl (C=O) groups excluding carboxylic acids is 1. The topological polar surface area (TPSA) is 83.8 Å². The number of nitrogens with zero attached hydrogens (tertiary/aromatic N) is 1. The van der Waals surface area contributed by atoms with Crippen LogP contribution in [-0.2, 0) is 4.79 Å². The Morgan fingerprint density at radius 1 is 1.47 bits per heavy atom. The zero-order valence-electron chi connectivity index (χ0n) is 10.3. The number of hydrogen-bond acceptors (Lipinski definition) is 3. The van der Waals surface area contributed by atoms with E-state index in [9.17, 15) is 4.79 Å². The van der Waals surface area contributed by atoms with E-state index in [0.29, 0.717) is 16.5 Å². The fraction of sp³-hybridized carbons (Fsp3) is 0.385. The minimum atomic E-state index is -0.0249. The molecule has 1 fully saturated rings. The average molecular weight is 279 g/mol. The van der Waals surface area contributed by atoms with E-state index < -0.39 is 0 Å². The first-order chi connectivity index (χ1) is 9.13. The summed E-state index contributed by atoms with van der Waals surface area (Å²) < 4.78 is 0. The molecule has 1 aliphatic carbocycles. The number of H-pyrrole nitrogens is 1. The maximum atomic E-state index is 12.1. The van der Waals surface area contributed by atoms with Gasteiger partial charge in [0.2, 0.25) is 11.9 Å². The van der Waals surface area contributed by atoms with Gasteiger partial charge in [0.25, 0.3) is 0 Å². The van der Waals surface area contributed by atoms with E-state index in [1.807, 2.05) is 12.1 Å². The SMILES string of the molecule is NC1CCC(C(=O)Nc2nc3c(Cl)cccc3[nH]2)C1. The molecule has 1 amide bonds. The Bertz CT molecular complexity index is 624. The van der Waals surface area contributed by atoms with Crippen molar-refractivity contribution in [3.8, 4) is 0 Å². The molecule has 1 aliphatic rings. The highest BCUT2D eigenvalue weighted by Crippen LogP contribution is 2.26. The van der Waals surface area contributed by atoms with Gasteiger partial charge in [-0.3, -0.25) is 10.1 Å². The molecule has 0 saturated heterocycles. The Morgan fingerprint density at radius 2 is 2.32 bits per heavy atom. The lowest BCUT2D eigenvalue weighted by Crippen LogP contribution is -2.23. The second-order valence-electron chi connectivity index (χ2n) is 4.98. The summed E-state index contributed by atoms with van der Waals surface area (Å²) in [5.41, 5.74) is 7.30. The molecule has 0 radical (unpaired) electrons. The molecule has 0 bridgehead atoms. The lowest BCUT2D eigenvalue weighted by molar-refractivity contribution is -0.119. The van der Waals surface area contributed by atoms with Gasteiger partial charge in [0.05, 0.1) is 10.5 Å². The number of para-hydroxylation sites is 1. The number of fused-ring (bicyclic) bond motifs is 1. The van der Waals surface area contributed by atoms with Crippen LogP contribution in [0.25, 0.3) is 11.0 Å². The van der Waals surface area contributed by atoms with Crippen molar-refractivity contribution in [1.82, 2.24) is 9.97 Å². The highest BCUT2D eigenvalue weighted by Gasteiger charge is 2.28. The van der Waals surface area contributed by atoms with Gasteiger partial charge in [0.15, 0.2) is 0 Å². The summed E-state index contributed by atoms with van der Waals surface area (Å²) in [5, 5.41) is 3.37. The molecule has 0 aliphatic heterocycles. The van der Waals surface area contributed by atoms with Gasteiger partial charge in [-0.1, -0.05) is 17.7 Å². The van der Waals surface area contributed by atoms with Crippen LogP contribution in [0.4, 0.5) is 5.95 Å². The molecule has 1 heterocycles. The van der Waals surface area contributed by atoms with E-state index in [4.69, 9.17) is 17.3 Å². The molecule has 2 aromatic rings. The summed E-state index contributed by atoms with van der Waals surface area (Å²) in [4.78, 5) is 19.4. The van der Waals surface area contributed by atoms with Crippen molar-refractivity contribution in [3.05, 3.63) is 23.2 Å². The minimum absolute atomic E-state index is 0.0151. The lowest BCUT2D eigenvalue weighted by Gasteiger charge is -2.08. The van der Waals surface area contributed by atoms with E-state index in [1.165, 1.54) is 0 Å². The fourth-order valence-electron chi connectivity index (χ4n) is 2.53. The zero-order valence-corrected chi connectivity index (χ0v) is 11.1. The Balaban J connectivity index is 1.78. The molecular weight excluding hydrogens is 264 g/mol. The van der Waals surface area contributed by atoms with Crippen molar-refractivity contribution >= 4 is 34.5 Å². The number of nitrogens with one attached hydrogen (secondary N) is 2. The van der Waals surface area contributed by atoms with Crippen molar-refractivity contribution in [2.75, 3.05) is 5.32 Å². The monoisotopic (exact) mass is 278 g/mol. The molecule has 6 heteroatoms. The number of hydrogen-bond donors (Lipinski definition) is 3. The van der Waals surface area contributed by atoms with E-state index in [-0.39, 0.29) is 17.9 Å². The summed E-state index contributed by atoms with van der Waals surface area (Å²) in [5.74, 6) is 0.399. The number of benzene rings is 1. The standard InChI is InChI=1S/C13H15ClN4O/c14-9-2-1-3-10-11(9)17-13(16-10)18-12(19)7-4-5-8(15)6-7/h1-3,7-8H,4-6,15H2,(H2,16,17,18,19). The largest absolute Gasteiger partial charge is 0.328 e. The highest BCUT2D eigenvalue weighted by atomic mass is 35.5. The molecule has 1 aromatic heterocycles. The molecule has 100 valence electrons. The smallest absolute Gasteiger partial charge is 0.229 e. The minimum Gasteiger partial charge on any atom is -0.328 e. The summed E-state index contributed by atoms with van der Waals surface area (Å²) in [6.45, 7) is 0. The summed E-state index contributed by atoms with van der Waals surface area (Å²) in [6.07, 6.45) is 2.49. The number of rotatable bonds is 2. The Labute approximate surface area is 115 Å². The second-order valence-corrected chi connectivity index (χ2v) is 5.39. The number of carbonyl (C=O) groups is 1. The van der Waals surface area contributed by atoms with Crippen molar-refractivity contribution in [2.24, 2.45) is 11.7 Å². The number of aromatic nitrogens is 2. The number of imidazole rings is 1. The van der Waals surface area contributed by atoms with Crippen molar-refractivity contribution < 1.29 is 4.79 Å². The predicted octanol–water partition coefficient (Wildman–Crippen LogP) is 2.28. The quantitative estimate of drug-likeness (QED) is 0.788. The van der Waals surface area contributed by atoms with Crippen LogP contribution in [0.15, 0.2) is 18.2 Å². The van der Waals surface area contributed by atoms with Gasteiger partial charge in [-0.15, -0.1) is 0 Å². The molecule has 19 heavy (non-hydrogen) atoms. The normalized spacial score (nSPS) is 22.8. The van der Waals surface area contributed by atoms with Crippen LogP contribution in [0, 0.1) is 5.92 Å². The second kappa shape index (κ2) is 4.83. The van der Waals surface area contributed by atoms with Gasteiger partial charge in [-0.25, -0.2) is 4.98 Å². The van der Waals surface area contributed by atoms with Crippen LogP contribution in [0.5, 0.6) is 0 Å². The third-order valence-electron chi connectivity index (χ3n) is 3.55. The average Bonchev–Trinajstić information content (AvgIpc) is 2.96. The Hall–Kier alpha value is -1.59. The van der Waals surface area contributed by atoms with Crippen LogP contribution in [0.2, 0.25) is 5.02 Å². The fourth-order valence-corrected chi connectivity index (χ4v) is 2.75. The molecule has 4 N–H and O–H groups in total. The predicted molar refractivity (Wildman–Crippen MR) is 75.0 cm³/mol. The molecular formula is C13H15ClN4O. The molecule has 2 atom stereocenters. The number of halogens is 1. The number of aromatic amines is 1. The van der Waals surface area contributed by atoms with Crippen molar-refractivity contribution in [1.29, 1.82) is 0 Å². The number of amides is 1. The van der Waals surface area contributed by atoms with Gasteiger partial charge >= 0.3 is 0 Å². The van der Waals surface area contributed by atoms with E-state index in [2.05, 4.69) is 15.3 Å². The van der Waals surface area contributed by atoms with E-state index >= 15 is 0 Å². The molecule has 0 spiro atoms. The van der Waals surface area contributed by atoms with Crippen LogP contribution in [0.1, 0.15) is 19.3 Å². The van der Waals surface area contributed by atoms with E-state index in [0.717, 1.165) is 24.8 Å². The summed E-state index contributed by atoms with van der Waals surface area (Å²) in [7, 11) is 0. The van der Waals surface area contributed by atoms with Crippen LogP contribution >= 0.6 is 11.6 Å². The molecule has 3 rings (SSSR count). The van der Waals surface area contributed by atoms with Gasteiger partial charge in [0, 0.05) is 12.0 Å². The molecule has 5 nitrogen and oxygen atoms in total. The first-order valence-corrected chi connectivity index (χ1v) is 6.72. The zero-order chi connectivity index (χ0) is 13.4. The van der Waals surface area contributed by atoms with Crippen molar-refractivity contribution in [2.45, 2.75) is 25.3 Å². The van der Waals surface area contributed by atoms with Crippen LogP contribution < -0.4 is 11.1 Å². The maximum Gasteiger partial charge on any atom is 0.229 e. The summed E-state index contributed by atoms with van der Waals surface area (Å²) in [6, 6.07) is 5.62. The maximum absolute atomic E-state index is 12.1. The van der Waals surface area contributed by atoms with Crippen LogP contribution in [0.3, 0.4) is 0 Å². The number of anilines is 1. The van der Waals surface area contributed by atoms with Crippen LogP contribution in [-0.4, -0.2) is 21.9 Å². The molecule has 2 unspecified atom stereocenters. The Kier molecular flexibility index (Phi) is 3.16. The third-order valence-corrected chi connectivity index (χ3v) is 3.85. The van der Waals surface area contributed by atoms with Gasteiger partial charge in [-0.2, -0.15) is 0 Å². The third kappa shape index (κ3) is 2.43. The lowest BCUT2D eigenvalue weighted by atomic mass is 10.1. The first kappa shape index (κ1) is 12.4. The Morgan fingerprint density at radius 3 is 3.00 bits per heavy atom. The van der Waals surface area contributed by atoms with E-state index in [1.54, 1.807) is 6.07 Å². The summed E-state index contributed by atoms with van der Waals surface area (Å²) >= 11 is 6.04. The number of nitrogens with two attached hydrogens (primary N) is 1. The van der Waals surface area contributed by atoms with Gasteiger partial charge in [0.1, 0.15) is 5.52 Å².